The summed E-state index contributed by atoms with van der Waals surface area (Å²) < 4.78 is 0. The Kier molecular flexibility index (Phi) is 4.83. The number of carboxylic acid groups (broad SMARTS) is 1. The molecule has 2 amide bonds. The van der Waals surface area contributed by atoms with Crippen molar-refractivity contribution in [3.8, 4) is 0 Å². The summed E-state index contributed by atoms with van der Waals surface area (Å²) in [5.74, 6) is -1.47. The minimum absolute atomic E-state index is 0.0637. The van der Waals surface area contributed by atoms with Gasteiger partial charge < -0.3 is 14.9 Å². The van der Waals surface area contributed by atoms with E-state index < -0.39 is 5.97 Å². The van der Waals surface area contributed by atoms with Crippen molar-refractivity contribution in [1.29, 1.82) is 0 Å². The maximum atomic E-state index is 12.7. The monoisotopic (exact) mass is 330 g/mol. The van der Waals surface area contributed by atoms with Crippen LogP contribution in [-0.4, -0.2) is 58.4 Å². The van der Waals surface area contributed by atoms with Gasteiger partial charge in [-0.05, 0) is 37.8 Å². The number of carbonyl (C=O) groups excluding carboxylic acids is 2. The number of piperidine rings is 1. The summed E-state index contributed by atoms with van der Waals surface area (Å²) in [6.45, 7) is 0.766. The molecule has 6 nitrogen and oxygen atoms in total. The minimum atomic E-state index is -0.983. The van der Waals surface area contributed by atoms with Gasteiger partial charge in [0.25, 0.3) is 5.91 Å². The molecule has 1 atom stereocenters. The maximum Gasteiger partial charge on any atom is 0.323 e. The summed E-state index contributed by atoms with van der Waals surface area (Å²) >= 11 is 0. The van der Waals surface area contributed by atoms with E-state index in [9.17, 15) is 14.4 Å². The molecule has 0 spiro atoms. The second-order valence-electron chi connectivity index (χ2n) is 6.55. The van der Waals surface area contributed by atoms with E-state index in [1.165, 1.54) is 4.90 Å². The van der Waals surface area contributed by atoms with E-state index in [0.29, 0.717) is 25.1 Å². The second kappa shape index (κ2) is 7.03. The fourth-order valence-corrected chi connectivity index (χ4v) is 3.28. The summed E-state index contributed by atoms with van der Waals surface area (Å²) in [5, 5.41) is 9.04. The van der Waals surface area contributed by atoms with E-state index in [1.807, 2.05) is 18.2 Å². The second-order valence-corrected chi connectivity index (χ2v) is 6.55. The molecule has 1 aromatic carbocycles. The highest BCUT2D eigenvalue weighted by Gasteiger charge is 2.38. The Balaban J connectivity index is 1.67. The van der Waals surface area contributed by atoms with Gasteiger partial charge in [0.05, 0.1) is 5.92 Å². The molecule has 0 bridgehead atoms. The molecule has 1 saturated carbocycles. The van der Waals surface area contributed by atoms with Crippen molar-refractivity contribution >= 4 is 17.8 Å². The van der Waals surface area contributed by atoms with Crippen LogP contribution >= 0.6 is 0 Å². The van der Waals surface area contributed by atoms with E-state index in [-0.39, 0.29) is 30.3 Å². The van der Waals surface area contributed by atoms with Crippen LogP contribution < -0.4 is 0 Å². The number of benzene rings is 1. The Morgan fingerprint density at radius 2 is 1.83 bits per heavy atom. The van der Waals surface area contributed by atoms with Crippen molar-refractivity contribution in [2.24, 2.45) is 5.92 Å². The summed E-state index contributed by atoms with van der Waals surface area (Å²) in [6, 6.07) is 9.11. The average molecular weight is 330 g/mol. The third-order valence-electron chi connectivity index (χ3n) is 4.65. The number of likely N-dealkylation sites (tertiary alicyclic amines) is 1. The number of nitrogens with zero attached hydrogens (tertiary/aromatic N) is 2. The Labute approximate surface area is 141 Å². The molecule has 1 aromatic rings. The predicted octanol–water partition coefficient (Wildman–Crippen LogP) is 1.61. The van der Waals surface area contributed by atoms with Gasteiger partial charge in [-0.25, -0.2) is 0 Å². The Morgan fingerprint density at radius 3 is 2.46 bits per heavy atom. The highest BCUT2D eigenvalue weighted by molar-refractivity contribution is 5.94. The Morgan fingerprint density at radius 1 is 1.12 bits per heavy atom. The standard InChI is InChI=1S/C18H22N2O4/c21-16(22)12-20(15-8-9-15)18(24)14-7-4-10-19(11-14)17(23)13-5-2-1-3-6-13/h1-3,5-6,14-15H,4,7-12H2,(H,21,22). The zero-order valence-corrected chi connectivity index (χ0v) is 13.6. The predicted molar refractivity (Wildman–Crippen MR) is 87.4 cm³/mol. The summed E-state index contributed by atoms with van der Waals surface area (Å²) in [7, 11) is 0. The van der Waals surface area contributed by atoms with Crippen LogP contribution in [0.1, 0.15) is 36.0 Å². The van der Waals surface area contributed by atoms with Crippen LogP contribution in [0.5, 0.6) is 0 Å². The smallest absolute Gasteiger partial charge is 0.323 e. The average Bonchev–Trinajstić information content (AvgIpc) is 3.44. The molecule has 0 radical (unpaired) electrons. The quantitative estimate of drug-likeness (QED) is 0.890. The van der Waals surface area contributed by atoms with Crippen molar-refractivity contribution in [3.05, 3.63) is 35.9 Å². The van der Waals surface area contributed by atoms with Crippen LogP contribution in [0.25, 0.3) is 0 Å². The molecule has 2 aliphatic rings. The van der Waals surface area contributed by atoms with Crippen molar-refractivity contribution in [2.45, 2.75) is 31.7 Å². The lowest BCUT2D eigenvalue weighted by Crippen LogP contribution is -2.48. The van der Waals surface area contributed by atoms with Gasteiger partial charge in [-0.15, -0.1) is 0 Å². The number of carbonyl (C=O) groups is 3. The van der Waals surface area contributed by atoms with Gasteiger partial charge >= 0.3 is 5.97 Å². The third kappa shape index (κ3) is 3.75. The Hall–Kier alpha value is -2.37. The minimum Gasteiger partial charge on any atom is -0.480 e. The van der Waals surface area contributed by atoms with Crippen LogP contribution in [-0.2, 0) is 9.59 Å². The van der Waals surface area contributed by atoms with Gasteiger partial charge in [-0.2, -0.15) is 0 Å². The third-order valence-corrected chi connectivity index (χ3v) is 4.65. The van der Waals surface area contributed by atoms with Crippen LogP contribution in [0.2, 0.25) is 0 Å². The number of carboxylic acids is 1. The molecular formula is C18H22N2O4. The lowest BCUT2D eigenvalue weighted by Gasteiger charge is -2.34. The van der Waals surface area contributed by atoms with E-state index >= 15 is 0 Å². The molecule has 1 saturated heterocycles. The molecule has 24 heavy (non-hydrogen) atoms. The lowest BCUT2D eigenvalue weighted by atomic mass is 9.95. The topological polar surface area (TPSA) is 77.9 Å². The van der Waals surface area contributed by atoms with Crippen molar-refractivity contribution in [1.82, 2.24) is 9.80 Å². The molecule has 1 N–H and O–H groups in total. The molecule has 1 unspecified atom stereocenters. The maximum absolute atomic E-state index is 12.7. The molecule has 6 heteroatoms. The SMILES string of the molecule is O=C(O)CN(C(=O)C1CCCN(C(=O)c2ccccc2)C1)C1CC1. The van der Waals surface area contributed by atoms with Gasteiger partial charge in [-0.3, -0.25) is 14.4 Å². The lowest BCUT2D eigenvalue weighted by molar-refractivity contribution is -0.147. The molecule has 128 valence electrons. The molecule has 1 heterocycles. The molecule has 3 rings (SSSR count). The first kappa shape index (κ1) is 16.5. The van der Waals surface area contributed by atoms with Gasteiger partial charge in [0, 0.05) is 24.7 Å². The number of aliphatic carboxylic acids is 1. The first-order chi connectivity index (χ1) is 11.6. The van der Waals surface area contributed by atoms with Gasteiger partial charge in [0.15, 0.2) is 0 Å². The molecule has 1 aliphatic carbocycles. The molecule has 1 aliphatic heterocycles. The van der Waals surface area contributed by atoms with Crippen LogP contribution in [0.3, 0.4) is 0 Å². The van der Waals surface area contributed by atoms with Gasteiger partial charge in [0.2, 0.25) is 5.91 Å². The first-order valence-electron chi connectivity index (χ1n) is 8.43. The largest absolute Gasteiger partial charge is 0.480 e. The zero-order valence-electron chi connectivity index (χ0n) is 13.6. The highest BCUT2D eigenvalue weighted by atomic mass is 16.4. The van der Waals surface area contributed by atoms with E-state index in [2.05, 4.69) is 0 Å². The van der Waals surface area contributed by atoms with Crippen molar-refractivity contribution in [2.75, 3.05) is 19.6 Å². The summed E-state index contributed by atoms with van der Waals surface area (Å²) in [4.78, 5) is 39.5. The normalized spacial score (nSPS) is 20.5. The van der Waals surface area contributed by atoms with Crippen LogP contribution in [0, 0.1) is 5.92 Å². The van der Waals surface area contributed by atoms with Crippen molar-refractivity contribution < 1.29 is 19.5 Å². The fraction of sp³-hybridized carbons (Fsp3) is 0.500. The summed E-state index contributed by atoms with van der Waals surface area (Å²) in [6.07, 6.45) is 3.22. The zero-order chi connectivity index (χ0) is 17.1. The summed E-state index contributed by atoms with van der Waals surface area (Å²) in [5.41, 5.74) is 0.621. The molecular weight excluding hydrogens is 308 g/mol. The Bertz CT molecular complexity index is 627. The van der Waals surface area contributed by atoms with Gasteiger partial charge in [-0.1, -0.05) is 18.2 Å². The number of amides is 2. The number of hydrogen-bond donors (Lipinski definition) is 1. The number of rotatable bonds is 5. The number of hydrogen-bond acceptors (Lipinski definition) is 3. The van der Waals surface area contributed by atoms with E-state index in [4.69, 9.17) is 5.11 Å². The van der Waals surface area contributed by atoms with Crippen molar-refractivity contribution in [3.63, 3.8) is 0 Å². The van der Waals surface area contributed by atoms with E-state index in [0.717, 1.165) is 19.3 Å². The fourth-order valence-electron chi connectivity index (χ4n) is 3.28. The van der Waals surface area contributed by atoms with Gasteiger partial charge in [0.1, 0.15) is 6.54 Å². The molecule has 0 aromatic heterocycles. The van der Waals surface area contributed by atoms with E-state index in [1.54, 1.807) is 17.0 Å². The first-order valence-corrected chi connectivity index (χ1v) is 8.43. The van der Waals surface area contributed by atoms with Crippen LogP contribution in [0.15, 0.2) is 30.3 Å². The highest BCUT2D eigenvalue weighted by Crippen LogP contribution is 2.30. The van der Waals surface area contributed by atoms with Crippen LogP contribution in [0.4, 0.5) is 0 Å². The molecule has 2 fully saturated rings.